The first kappa shape index (κ1) is 14.9. The molecule has 1 saturated heterocycles. The van der Waals surface area contributed by atoms with Crippen LogP contribution in [0.15, 0.2) is 27.5 Å². The Bertz CT molecular complexity index is 958. The van der Waals surface area contributed by atoms with E-state index in [-0.39, 0.29) is 11.6 Å². The van der Waals surface area contributed by atoms with Crippen LogP contribution in [0.4, 0.5) is 0 Å². The fraction of sp³-hybridized carbons (Fsp3) is 0.500. The summed E-state index contributed by atoms with van der Waals surface area (Å²) in [7, 11) is 0. The molecule has 5 rings (SSSR count). The van der Waals surface area contributed by atoms with Gasteiger partial charge in [0.1, 0.15) is 0 Å². The predicted molar refractivity (Wildman–Crippen MR) is 91.5 cm³/mol. The predicted octanol–water partition coefficient (Wildman–Crippen LogP) is 3.00. The summed E-state index contributed by atoms with van der Waals surface area (Å²) in [4.78, 5) is 19.9. The summed E-state index contributed by atoms with van der Waals surface area (Å²) < 4.78 is 12.7. The van der Waals surface area contributed by atoms with Crippen LogP contribution in [-0.2, 0) is 4.74 Å². The highest BCUT2D eigenvalue weighted by Crippen LogP contribution is 2.32. The van der Waals surface area contributed by atoms with E-state index in [0.717, 1.165) is 42.5 Å². The molecule has 7 nitrogen and oxygen atoms in total. The number of hydrogen-bond donors (Lipinski definition) is 1. The van der Waals surface area contributed by atoms with E-state index < -0.39 is 0 Å². The SMILES string of the molecule is O=c1[nH]c2cc(-c3nc([C@H]4CCOC4)no3)ccc2n1C1CCCC1. The van der Waals surface area contributed by atoms with E-state index in [0.29, 0.717) is 24.4 Å². The molecule has 1 aromatic carbocycles. The Hall–Kier alpha value is -2.41. The van der Waals surface area contributed by atoms with E-state index in [4.69, 9.17) is 9.26 Å². The Labute approximate surface area is 144 Å². The van der Waals surface area contributed by atoms with Crippen molar-refractivity contribution in [2.75, 3.05) is 13.2 Å². The first-order valence-corrected chi connectivity index (χ1v) is 8.95. The molecule has 1 aliphatic heterocycles. The van der Waals surface area contributed by atoms with Crippen LogP contribution in [0, 0.1) is 0 Å². The van der Waals surface area contributed by atoms with Crippen molar-refractivity contribution in [1.29, 1.82) is 0 Å². The third-order valence-electron chi connectivity index (χ3n) is 5.39. The minimum atomic E-state index is -0.0339. The molecule has 3 aromatic rings. The van der Waals surface area contributed by atoms with Crippen molar-refractivity contribution in [3.05, 3.63) is 34.5 Å². The molecule has 2 fully saturated rings. The molecule has 130 valence electrons. The van der Waals surface area contributed by atoms with Crippen molar-refractivity contribution >= 4 is 11.0 Å². The average molecular weight is 340 g/mol. The lowest BCUT2D eigenvalue weighted by atomic mass is 10.1. The molecular formula is C18H20N4O3. The zero-order valence-corrected chi connectivity index (χ0v) is 13.9. The fourth-order valence-electron chi connectivity index (χ4n) is 4.05. The Morgan fingerprint density at radius 3 is 2.88 bits per heavy atom. The maximum Gasteiger partial charge on any atom is 0.326 e. The zero-order chi connectivity index (χ0) is 16.8. The molecule has 3 heterocycles. The average Bonchev–Trinajstić information content (AvgIpc) is 3.38. The number of benzene rings is 1. The summed E-state index contributed by atoms with van der Waals surface area (Å²) in [6.07, 6.45) is 5.46. The van der Waals surface area contributed by atoms with Crippen molar-refractivity contribution in [3.63, 3.8) is 0 Å². The Morgan fingerprint density at radius 1 is 1.20 bits per heavy atom. The molecule has 0 bridgehead atoms. The number of aromatic amines is 1. The van der Waals surface area contributed by atoms with Crippen molar-refractivity contribution in [1.82, 2.24) is 19.7 Å². The summed E-state index contributed by atoms with van der Waals surface area (Å²) in [6.45, 7) is 1.39. The molecular weight excluding hydrogens is 320 g/mol. The van der Waals surface area contributed by atoms with Crippen LogP contribution in [0.25, 0.3) is 22.5 Å². The van der Waals surface area contributed by atoms with Crippen molar-refractivity contribution < 1.29 is 9.26 Å². The van der Waals surface area contributed by atoms with Gasteiger partial charge in [-0.25, -0.2) is 4.79 Å². The highest BCUT2D eigenvalue weighted by atomic mass is 16.5. The van der Waals surface area contributed by atoms with Crippen molar-refractivity contribution in [2.24, 2.45) is 0 Å². The molecule has 0 radical (unpaired) electrons. The standard InChI is InChI=1S/C18H20N4O3/c23-18-19-14-9-11(5-6-15(14)22(18)13-3-1-2-4-13)17-20-16(21-25-17)12-7-8-24-10-12/h5-6,9,12-13H,1-4,7-8,10H2,(H,19,23)/t12-/m0/s1. The number of H-pyrrole nitrogens is 1. The minimum Gasteiger partial charge on any atom is -0.381 e. The van der Waals surface area contributed by atoms with Gasteiger partial charge in [0.05, 0.1) is 17.6 Å². The van der Waals surface area contributed by atoms with Gasteiger partial charge >= 0.3 is 5.69 Å². The van der Waals surface area contributed by atoms with Gasteiger partial charge in [0.2, 0.25) is 0 Å². The summed E-state index contributed by atoms with van der Waals surface area (Å²) in [5.41, 5.74) is 2.56. The van der Waals surface area contributed by atoms with Gasteiger partial charge in [0.25, 0.3) is 5.89 Å². The van der Waals surface area contributed by atoms with Gasteiger partial charge in [-0.05, 0) is 37.5 Å². The number of ether oxygens (including phenoxy) is 1. The van der Waals surface area contributed by atoms with Crippen LogP contribution in [0.5, 0.6) is 0 Å². The van der Waals surface area contributed by atoms with Crippen LogP contribution in [0.2, 0.25) is 0 Å². The first-order valence-electron chi connectivity index (χ1n) is 8.95. The van der Waals surface area contributed by atoms with E-state index in [1.165, 1.54) is 12.8 Å². The number of hydrogen-bond acceptors (Lipinski definition) is 5. The van der Waals surface area contributed by atoms with Crippen molar-refractivity contribution in [3.8, 4) is 11.5 Å². The smallest absolute Gasteiger partial charge is 0.326 e. The Kier molecular flexibility index (Phi) is 3.48. The number of nitrogens with one attached hydrogen (secondary N) is 1. The van der Waals surface area contributed by atoms with E-state index in [1.54, 1.807) is 0 Å². The molecule has 1 aliphatic carbocycles. The number of fused-ring (bicyclic) bond motifs is 1. The van der Waals surface area contributed by atoms with Gasteiger partial charge in [-0.15, -0.1) is 0 Å². The first-order chi connectivity index (χ1) is 12.3. The van der Waals surface area contributed by atoms with Gasteiger partial charge in [-0.2, -0.15) is 4.98 Å². The summed E-state index contributed by atoms with van der Waals surface area (Å²) in [6, 6.07) is 6.15. The molecule has 0 spiro atoms. The lowest BCUT2D eigenvalue weighted by Gasteiger charge is -2.10. The number of imidazole rings is 1. The third kappa shape index (κ3) is 2.50. The lowest BCUT2D eigenvalue weighted by Crippen LogP contribution is -2.20. The van der Waals surface area contributed by atoms with E-state index in [9.17, 15) is 4.79 Å². The van der Waals surface area contributed by atoms with Crippen LogP contribution in [-0.4, -0.2) is 32.9 Å². The second-order valence-electron chi connectivity index (χ2n) is 6.99. The van der Waals surface area contributed by atoms with Gasteiger partial charge in [-0.3, -0.25) is 4.57 Å². The molecule has 7 heteroatoms. The maximum absolute atomic E-state index is 12.4. The Balaban J connectivity index is 1.51. The minimum absolute atomic E-state index is 0.0339. The molecule has 2 aliphatic rings. The highest BCUT2D eigenvalue weighted by molar-refractivity contribution is 5.80. The highest BCUT2D eigenvalue weighted by Gasteiger charge is 2.24. The molecule has 25 heavy (non-hydrogen) atoms. The van der Waals surface area contributed by atoms with E-state index in [2.05, 4.69) is 15.1 Å². The van der Waals surface area contributed by atoms with Gasteiger partial charge in [0.15, 0.2) is 5.82 Å². The number of aromatic nitrogens is 4. The normalized spacial score (nSPS) is 21.5. The largest absolute Gasteiger partial charge is 0.381 e. The van der Waals surface area contributed by atoms with Crippen LogP contribution in [0.1, 0.15) is 49.9 Å². The fourth-order valence-corrected chi connectivity index (χ4v) is 4.05. The van der Waals surface area contributed by atoms with E-state index in [1.807, 2.05) is 22.8 Å². The lowest BCUT2D eigenvalue weighted by molar-refractivity contribution is 0.192. The third-order valence-corrected chi connectivity index (χ3v) is 5.39. The summed E-state index contributed by atoms with van der Waals surface area (Å²) >= 11 is 0. The van der Waals surface area contributed by atoms with Crippen molar-refractivity contribution in [2.45, 2.75) is 44.1 Å². The molecule has 0 unspecified atom stereocenters. The maximum atomic E-state index is 12.4. The van der Waals surface area contributed by atoms with Crippen LogP contribution in [0.3, 0.4) is 0 Å². The van der Waals surface area contributed by atoms with Crippen LogP contribution >= 0.6 is 0 Å². The topological polar surface area (TPSA) is 85.9 Å². The molecule has 1 N–H and O–H groups in total. The quantitative estimate of drug-likeness (QED) is 0.792. The van der Waals surface area contributed by atoms with Gasteiger partial charge in [0, 0.05) is 24.1 Å². The second kappa shape index (κ2) is 5.84. The second-order valence-corrected chi connectivity index (χ2v) is 6.99. The van der Waals surface area contributed by atoms with Crippen LogP contribution < -0.4 is 5.69 Å². The van der Waals surface area contributed by atoms with E-state index >= 15 is 0 Å². The number of rotatable bonds is 3. The Morgan fingerprint density at radius 2 is 2.08 bits per heavy atom. The summed E-state index contributed by atoms with van der Waals surface area (Å²) in [5, 5.41) is 4.10. The molecule has 0 amide bonds. The monoisotopic (exact) mass is 340 g/mol. The summed E-state index contributed by atoms with van der Waals surface area (Å²) in [5.74, 6) is 1.40. The molecule has 2 aromatic heterocycles. The number of nitrogens with zero attached hydrogens (tertiary/aromatic N) is 3. The molecule has 1 atom stereocenters. The van der Waals surface area contributed by atoms with Gasteiger partial charge in [-0.1, -0.05) is 18.0 Å². The zero-order valence-electron chi connectivity index (χ0n) is 13.9. The van der Waals surface area contributed by atoms with Gasteiger partial charge < -0.3 is 14.2 Å². The molecule has 1 saturated carbocycles.